The van der Waals surface area contributed by atoms with Crippen molar-refractivity contribution in [3.05, 3.63) is 51.4 Å². The number of benzene rings is 1. The van der Waals surface area contributed by atoms with E-state index in [4.69, 9.17) is 0 Å². The van der Waals surface area contributed by atoms with E-state index in [1.54, 1.807) is 12.1 Å². The van der Waals surface area contributed by atoms with Gasteiger partial charge in [0.25, 0.3) is 0 Å². The van der Waals surface area contributed by atoms with Gasteiger partial charge in [-0.3, -0.25) is 0 Å². The second kappa shape index (κ2) is 3.87. The Kier molecular flexibility index (Phi) is 2.74. The monoisotopic (exact) mass is 317 g/mol. The summed E-state index contributed by atoms with van der Waals surface area (Å²) < 4.78 is 16.5. The second-order valence-corrected chi connectivity index (χ2v) is 4.41. The summed E-state index contributed by atoms with van der Waals surface area (Å²) >= 11 is 6.81. The van der Waals surface area contributed by atoms with E-state index in [1.165, 1.54) is 12.1 Å². The average molecular weight is 319 g/mol. The Morgan fingerprint density at radius 2 is 1.64 bits per heavy atom. The van der Waals surface area contributed by atoms with E-state index >= 15 is 0 Å². The Labute approximate surface area is 97.8 Å². The molecule has 0 aliphatic rings. The van der Waals surface area contributed by atoms with Crippen molar-refractivity contribution >= 4 is 31.9 Å². The molecular formula is C10H6Br2FN. The van der Waals surface area contributed by atoms with E-state index < -0.39 is 0 Å². The maximum absolute atomic E-state index is 12.7. The summed E-state index contributed by atoms with van der Waals surface area (Å²) in [6, 6.07) is 8.26. The van der Waals surface area contributed by atoms with Crippen LogP contribution in [0.1, 0.15) is 0 Å². The molecule has 0 saturated heterocycles. The molecule has 0 fully saturated rings. The number of rotatable bonds is 1. The summed E-state index contributed by atoms with van der Waals surface area (Å²) in [4.78, 5) is 0. The van der Waals surface area contributed by atoms with Crippen LogP contribution in [-0.4, -0.2) is 4.57 Å². The first-order valence-corrected chi connectivity index (χ1v) is 5.55. The predicted octanol–water partition coefficient (Wildman–Crippen LogP) is 4.14. The zero-order valence-corrected chi connectivity index (χ0v) is 10.2. The Hall–Kier alpha value is -0.610. The van der Waals surface area contributed by atoms with Gasteiger partial charge in [0.05, 0.1) is 4.47 Å². The highest BCUT2D eigenvalue weighted by Gasteiger charge is 2.04. The summed E-state index contributed by atoms with van der Waals surface area (Å²) in [5, 5.41) is 0. The fourth-order valence-electron chi connectivity index (χ4n) is 1.19. The first-order valence-electron chi connectivity index (χ1n) is 3.97. The lowest BCUT2D eigenvalue weighted by molar-refractivity contribution is 0.627. The molecule has 14 heavy (non-hydrogen) atoms. The highest BCUT2D eigenvalue weighted by atomic mass is 79.9. The number of halogens is 3. The van der Waals surface area contributed by atoms with Crippen LogP contribution >= 0.6 is 31.9 Å². The van der Waals surface area contributed by atoms with Crippen LogP contribution in [0.5, 0.6) is 0 Å². The Balaban J connectivity index is 2.49. The molecular weight excluding hydrogens is 313 g/mol. The van der Waals surface area contributed by atoms with Crippen molar-refractivity contribution in [2.75, 3.05) is 0 Å². The topological polar surface area (TPSA) is 4.93 Å². The molecule has 2 aromatic rings. The van der Waals surface area contributed by atoms with Gasteiger partial charge in [0, 0.05) is 11.9 Å². The van der Waals surface area contributed by atoms with E-state index in [0.717, 1.165) is 14.8 Å². The van der Waals surface area contributed by atoms with Gasteiger partial charge in [-0.05, 0) is 62.2 Å². The van der Waals surface area contributed by atoms with Gasteiger partial charge in [0.15, 0.2) is 0 Å². The maximum Gasteiger partial charge on any atom is 0.123 e. The minimum Gasteiger partial charge on any atom is -0.310 e. The van der Waals surface area contributed by atoms with Gasteiger partial charge in [-0.1, -0.05) is 0 Å². The van der Waals surface area contributed by atoms with Crippen LogP contribution in [0.15, 0.2) is 45.6 Å². The SMILES string of the molecule is Fc1ccc(-n2ccc(Br)c2Br)cc1. The third-order valence-corrected chi connectivity index (χ3v) is 3.86. The zero-order chi connectivity index (χ0) is 10.1. The molecule has 2 rings (SSSR count). The quantitative estimate of drug-likeness (QED) is 0.744. The minimum absolute atomic E-state index is 0.226. The van der Waals surface area contributed by atoms with Gasteiger partial charge in [-0.25, -0.2) is 4.39 Å². The van der Waals surface area contributed by atoms with Crippen LogP contribution in [0.4, 0.5) is 4.39 Å². The maximum atomic E-state index is 12.7. The minimum atomic E-state index is -0.226. The molecule has 0 spiro atoms. The lowest BCUT2D eigenvalue weighted by Crippen LogP contribution is -1.91. The lowest BCUT2D eigenvalue weighted by atomic mass is 10.3. The normalized spacial score (nSPS) is 10.5. The van der Waals surface area contributed by atoms with E-state index in [-0.39, 0.29) is 5.82 Å². The van der Waals surface area contributed by atoms with Crippen molar-refractivity contribution < 1.29 is 4.39 Å². The smallest absolute Gasteiger partial charge is 0.123 e. The average Bonchev–Trinajstić information content (AvgIpc) is 2.50. The number of hydrogen-bond acceptors (Lipinski definition) is 0. The fraction of sp³-hybridized carbons (Fsp3) is 0. The molecule has 0 amide bonds. The third kappa shape index (κ3) is 1.77. The first-order chi connectivity index (χ1) is 6.68. The van der Waals surface area contributed by atoms with Crippen molar-refractivity contribution in [1.29, 1.82) is 0 Å². The molecule has 1 aromatic heterocycles. The van der Waals surface area contributed by atoms with Crippen molar-refractivity contribution in [3.63, 3.8) is 0 Å². The second-order valence-electron chi connectivity index (χ2n) is 2.80. The molecule has 1 heterocycles. The van der Waals surface area contributed by atoms with Crippen molar-refractivity contribution in [3.8, 4) is 5.69 Å². The van der Waals surface area contributed by atoms with E-state index in [1.807, 2.05) is 16.8 Å². The molecule has 0 unspecified atom stereocenters. The molecule has 0 aliphatic heterocycles. The van der Waals surface area contributed by atoms with Crippen LogP contribution < -0.4 is 0 Å². The van der Waals surface area contributed by atoms with Crippen LogP contribution in [0.3, 0.4) is 0 Å². The molecule has 72 valence electrons. The van der Waals surface area contributed by atoms with Crippen LogP contribution in [0.25, 0.3) is 5.69 Å². The van der Waals surface area contributed by atoms with Gasteiger partial charge >= 0.3 is 0 Å². The summed E-state index contributed by atoms with van der Waals surface area (Å²) in [5.74, 6) is -0.226. The number of hydrogen-bond donors (Lipinski definition) is 0. The molecule has 0 radical (unpaired) electrons. The van der Waals surface area contributed by atoms with Crippen LogP contribution in [0.2, 0.25) is 0 Å². The molecule has 0 aliphatic carbocycles. The fourth-order valence-corrected chi connectivity index (χ4v) is 1.95. The van der Waals surface area contributed by atoms with Gasteiger partial charge in [0.1, 0.15) is 10.4 Å². The molecule has 0 N–H and O–H groups in total. The predicted molar refractivity (Wildman–Crippen MR) is 61.1 cm³/mol. The molecule has 0 bridgehead atoms. The summed E-state index contributed by atoms with van der Waals surface area (Å²) in [5.41, 5.74) is 0.920. The molecule has 0 saturated carbocycles. The van der Waals surface area contributed by atoms with E-state index in [9.17, 15) is 4.39 Å². The lowest BCUT2D eigenvalue weighted by Gasteiger charge is -2.04. The van der Waals surface area contributed by atoms with Gasteiger partial charge in [-0.2, -0.15) is 0 Å². The van der Waals surface area contributed by atoms with Crippen molar-refractivity contribution in [1.82, 2.24) is 4.57 Å². The molecule has 1 aromatic carbocycles. The van der Waals surface area contributed by atoms with Gasteiger partial charge in [-0.15, -0.1) is 0 Å². The number of aromatic nitrogens is 1. The summed E-state index contributed by atoms with van der Waals surface area (Å²) in [6.07, 6.45) is 1.90. The standard InChI is InChI=1S/C10H6Br2FN/c11-9-5-6-14(10(9)12)8-3-1-7(13)2-4-8/h1-6H. The van der Waals surface area contributed by atoms with E-state index in [2.05, 4.69) is 31.9 Å². The van der Waals surface area contributed by atoms with Crippen molar-refractivity contribution in [2.45, 2.75) is 0 Å². The highest BCUT2D eigenvalue weighted by Crippen LogP contribution is 2.26. The van der Waals surface area contributed by atoms with Crippen LogP contribution in [-0.2, 0) is 0 Å². The van der Waals surface area contributed by atoms with E-state index in [0.29, 0.717) is 0 Å². The first kappa shape index (κ1) is 9.93. The summed E-state index contributed by atoms with van der Waals surface area (Å²) in [7, 11) is 0. The summed E-state index contributed by atoms with van der Waals surface area (Å²) in [6.45, 7) is 0. The Morgan fingerprint density at radius 3 is 2.14 bits per heavy atom. The van der Waals surface area contributed by atoms with Gasteiger partial charge in [0.2, 0.25) is 0 Å². The van der Waals surface area contributed by atoms with Gasteiger partial charge < -0.3 is 4.57 Å². The number of nitrogens with zero attached hydrogens (tertiary/aromatic N) is 1. The molecule has 1 nitrogen and oxygen atoms in total. The Bertz CT molecular complexity index is 448. The molecule has 0 atom stereocenters. The van der Waals surface area contributed by atoms with Crippen LogP contribution in [0, 0.1) is 5.82 Å². The highest BCUT2D eigenvalue weighted by molar-refractivity contribution is 9.13. The van der Waals surface area contributed by atoms with Crippen molar-refractivity contribution in [2.24, 2.45) is 0 Å². The molecule has 4 heteroatoms. The largest absolute Gasteiger partial charge is 0.310 e. The zero-order valence-electron chi connectivity index (χ0n) is 7.05. The Morgan fingerprint density at radius 1 is 1.00 bits per heavy atom. The third-order valence-electron chi connectivity index (χ3n) is 1.88.